The molecule has 2 amide bonds. The minimum atomic E-state index is -0.0314. The molecule has 33 heavy (non-hydrogen) atoms. The molecule has 0 radical (unpaired) electrons. The summed E-state index contributed by atoms with van der Waals surface area (Å²) in [5.74, 6) is 2.65. The molecule has 3 N–H and O–H groups in total. The van der Waals surface area contributed by atoms with Gasteiger partial charge in [0.2, 0.25) is 5.91 Å². The van der Waals surface area contributed by atoms with Crippen LogP contribution >= 0.6 is 0 Å². The molecule has 7 nitrogen and oxygen atoms in total. The molecule has 4 bridgehead atoms. The molecule has 0 aromatic carbocycles. The van der Waals surface area contributed by atoms with Gasteiger partial charge < -0.3 is 16.0 Å². The van der Waals surface area contributed by atoms with Crippen molar-refractivity contribution in [2.45, 2.75) is 63.8 Å². The highest BCUT2D eigenvalue weighted by molar-refractivity contribution is 6.00. The number of likely N-dealkylation sites (tertiary alicyclic amines) is 1. The Kier molecular flexibility index (Phi) is 5.20. The highest BCUT2D eigenvalue weighted by Gasteiger charge is 2.50. The van der Waals surface area contributed by atoms with Crippen molar-refractivity contribution >= 4 is 17.3 Å². The first-order valence-electron chi connectivity index (χ1n) is 12.8. The van der Waals surface area contributed by atoms with E-state index in [1.165, 1.54) is 38.5 Å². The summed E-state index contributed by atoms with van der Waals surface area (Å²) in [6.45, 7) is 2.16. The third-order valence-corrected chi connectivity index (χ3v) is 8.73. The number of piperidine rings is 1. The van der Waals surface area contributed by atoms with Crippen LogP contribution in [0.15, 0.2) is 24.4 Å². The number of fused-ring (bicyclic) bond motifs is 1. The first kappa shape index (κ1) is 21.1. The number of hydrogen-bond acceptors (Lipinski definition) is 4. The maximum atomic E-state index is 13.2. The van der Waals surface area contributed by atoms with Gasteiger partial charge in [0.1, 0.15) is 0 Å². The number of nitrogens with zero attached hydrogens (tertiary/aromatic N) is 3. The van der Waals surface area contributed by atoms with E-state index in [2.05, 4.69) is 10.4 Å². The molecule has 1 saturated heterocycles. The molecule has 176 valence electrons. The van der Waals surface area contributed by atoms with Crippen LogP contribution in [0.4, 0.5) is 0 Å². The third kappa shape index (κ3) is 4.05. The minimum Gasteiger partial charge on any atom is -0.351 e. The molecular weight excluding hydrogens is 414 g/mol. The number of nitrogens with one attached hydrogen (secondary N) is 1. The van der Waals surface area contributed by atoms with Crippen molar-refractivity contribution in [3.05, 3.63) is 35.7 Å². The van der Waals surface area contributed by atoms with Gasteiger partial charge in [0.25, 0.3) is 5.91 Å². The Morgan fingerprint density at radius 2 is 1.88 bits per heavy atom. The van der Waals surface area contributed by atoms with E-state index in [-0.39, 0.29) is 24.3 Å². The predicted molar refractivity (Wildman–Crippen MR) is 126 cm³/mol. The molecule has 7 heteroatoms. The van der Waals surface area contributed by atoms with E-state index < -0.39 is 0 Å². The van der Waals surface area contributed by atoms with E-state index >= 15 is 0 Å². The largest absolute Gasteiger partial charge is 0.351 e. The van der Waals surface area contributed by atoms with E-state index in [9.17, 15) is 9.59 Å². The van der Waals surface area contributed by atoms with Gasteiger partial charge in [0.05, 0.1) is 23.2 Å². The van der Waals surface area contributed by atoms with E-state index in [1.54, 1.807) is 4.52 Å². The van der Waals surface area contributed by atoms with Gasteiger partial charge in [-0.3, -0.25) is 9.59 Å². The summed E-state index contributed by atoms with van der Waals surface area (Å²) in [7, 11) is 0. The molecular formula is C26H35N5O2. The SMILES string of the molecule is NC1CCCN(C(=O)Cc2cc3c(C(=O)NCC45CC6CC(CC(C6)C4)C5)cccn3n2)C1. The van der Waals surface area contributed by atoms with Crippen molar-refractivity contribution in [3.63, 3.8) is 0 Å². The lowest BCUT2D eigenvalue weighted by Gasteiger charge is -2.56. The molecule has 1 unspecified atom stereocenters. The second kappa shape index (κ2) is 8.12. The van der Waals surface area contributed by atoms with Gasteiger partial charge >= 0.3 is 0 Å². The van der Waals surface area contributed by atoms with Crippen molar-refractivity contribution in [2.75, 3.05) is 19.6 Å². The molecule has 3 heterocycles. The molecule has 0 spiro atoms. The summed E-state index contributed by atoms with van der Waals surface area (Å²) in [5.41, 5.74) is 8.43. The van der Waals surface area contributed by atoms with Crippen LogP contribution in [0.25, 0.3) is 5.52 Å². The fourth-order valence-electron chi connectivity index (χ4n) is 7.72. The highest BCUT2D eigenvalue weighted by Crippen LogP contribution is 2.59. The quantitative estimate of drug-likeness (QED) is 0.734. The number of pyridine rings is 1. The summed E-state index contributed by atoms with van der Waals surface area (Å²) in [5, 5.41) is 7.87. The van der Waals surface area contributed by atoms with Crippen LogP contribution in [0.1, 0.15) is 67.4 Å². The van der Waals surface area contributed by atoms with Crippen LogP contribution in [0.5, 0.6) is 0 Å². The molecule has 5 fully saturated rings. The number of rotatable bonds is 5. The smallest absolute Gasteiger partial charge is 0.253 e. The van der Waals surface area contributed by atoms with Crippen LogP contribution in [-0.4, -0.2) is 52.0 Å². The summed E-state index contributed by atoms with van der Waals surface area (Å²) in [6, 6.07) is 5.67. The molecule has 1 aliphatic heterocycles. The average Bonchev–Trinajstić information content (AvgIpc) is 3.19. The van der Waals surface area contributed by atoms with Gasteiger partial charge in [-0.1, -0.05) is 0 Å². The van der Waals surface area contributed by atoms with Crippen molar-refractivity contribution in [1.29, 1.82) is 0 Å². The molecule has 4 aliphatic carbocycles. The summed E-state index contributed by atoms with van der Waals surface area (Å²) >= 11 is 0. The molecule has 2 aromatic rings. The fourth-order valence-corrected chi connectivity index (χ4v) is 7.72. The van der Waals surface area contributed by atoms with Crippen molar-refractivity contribution < 1.29 is 9.59 Å². The highest BCUT2D eigenvalue weighted by atomic mass is 16.2. The first-order chi connectivity index (χ1) is 16.0. The van der Waals surface area contributed by atoms with Gasteiger partial charge in [-0.2, -0.15) is 5.10 Å². The van der Waals surface area contributed by atoms with Gasteiger partial charge in [-0.05, 0) is 92.7 Å². The van der Waals surface area contributed by atoms with Crippen LogP contribution in [0.3, 0.4) is 0 Å². The van der Waals surface area contributed by atoms with E-state index in [0.29, 0.717) is 23.2 Å². The van der Waals surface area contributed by atoms with Crippen molar-refractivity contribution in [1.82, 2.24) is 19.8 Å². The Hall–Kier alpha value is -2.41. The molecule has 7 rings (SSSR count). The Balaban J connectivity index is 1.15. The zero-order chi connectivity index (χ0) is 22.6. The average molecular weight is 450 g/mol. The van der Waals surface area contributed by atoms with E-state index in [4.69, 9.17) is 5.73 Å². The number of hydrogen-bond donors (Lipinski definition) is 2. The number of amides is 2. The Morgan fingerprint density at radius 3 is 2.58 bits per heavy atom. The predicted octanol–water partition coefficient (Wildman–Crippen LogP) is 2.77. The minimum absolute atomic E-state index is 0.0314. The van der Waals surface area contributed by atoms with Crippen LogP contribution in [0, 0.1) is 23.2 Å². The van der Waals surface area contributed by atoms with Crippen molar-refractivity contribution in [2.24, 2.45) is 28.9 Å². The van der Waals surface area contributed by atoms with Gasteiger partial charge in [0, 0.05) is 31.9 Å². The molecule has 5 aliphatic rings. The standard InChI is InChI=1S/C26H35N5O2/c27-20-3-1-5-30(15-20)24(32)11-21-10-23-22(4-2-6-31(23)29-21)25(33)28-16-26-12-17-7-18(13-26)9-19(8-17)14-26/h2,4,6,10,17-20H,1,3,5,7-9,11-16,27H2,(H,28,33). The molecule has 4 saturated carbocycles. The lowest BCUT2D eigenvalue weighted by atomic mass is 9.49. The van der Waals surface area contributed by atoms with E-state index in [0.717, 1.165) is 49.2 Å². The van der Waals surface area contributed by atoms with Gasteiger partial charge in [0.15, 0.2) is 0 Å². The van der Waals surface area contributed by atoms with Gasteiger partial charge in [-0.15, -0.1) is 0 Å². The Morgan fingerprint density at radius 1 is 1.15 bits per heavy atom. The lowest BCUT2D eigenvalue weighted by Crippen LogP contribution is -2.51. The Bertz CT molecular complexity index is 1040. The maximum absolute atomic E-state index is 13.2. The zero-order valence-corrected chi connectivity index (χ0v) is 19.3. The second-order valence-corrected chi connectivity index (χ2v) is 11.4. The zero-order valence-electron chi connectivity index (χ0n) is 19.3. The summed E-state index contributed by atoms with van der Waals surface area (Å²) in [4.78, 5) is 27.8. The Labute approximate surface area is 195 Å². The summed E-state index contributed by atoms with van der Waals surface area (Å²) in [6.07, 6.45) is 12.1. The van der Waals surface area contributed by atoms with Crippen LogP contribution in [0.2, 0.25) is 0 Å². The number of carbonyl (C=O) groups excluding carboxylic acids is 2. The second-order valence-electron chi connectivity index (χ2n) is 11.4. The fraction of sp³-hybridized carbons (Fsp3) is 0.654. The van der Waals surface area contributed by atoms with Crippen molar-refractivity contribution in [3.8, 4) is 0 Å². The van der Waals surface area contributed by atoms with E-state index in [1.807, 2.05) is 29.3 Å². The topological polar surface area (TPSA) is 92.7 Å². The number of carbonyl (C=O) groups is 2. The number of nitrogens with two attached hydrogens (primary N) is 1. The van der Waals surface area contributed by atoms with Crippen LogP contribution in [-0.2, 0) is 11.2 Å². The third-order valence-electron chi connectivity index (χ3n) is 8.73. The lowest BCUT2D eigenvalue weighted by molar-refractivity contribution is -0.131. The summed E-state index contributed by atoms with van der Waals surface area (Å²) < 4.78 is 1.73. The molecule has 2 aromatic heterocycles. The molecule has 1 atom stereocenters. The number of aromatic nitrogens is 2. The first-order valence-corrected chi connectivity index (χ1v) is 12.8. The monoisotopic (exact) mass is 449 g/mol. The van der Waals surface area contributed by atoms with Crippen LogP contribution < -0.4 is 11.1 Å². The maximum Gasteiger partial charge on any atom is 0.253 e. The van der Waals surface area contributed by atoms with Gasteiger partial charge in [-0.25, -0.2) is 4.52 Å². The normalized spacial score (nSPS) is 32.9.